The third-order valence-corrected chi connectivity index (χ3v) is 11.8. The van der Waals surface area contributed by atoms with Crippen LogP contribution in [0.3, 0.4) is 0 Å². The fourth-order valence-electron chi connectivity index (χ4n) is 5.36. The van der Waals surface area contributed by atoms with Gasteiger partial charge in [0.25, 0.3) is 0 Å². The molecule has 4 heteroatoms. The molecule has 0 radical (unpaired) electrons. The fourth-order valence-corrected chi connectivity index (χ4v) is 9.42. The molecule has 0 fully saturated rings. The van der Waals surface area contributed by atoms with Gasteiger partial charge in [-0.05, 0) is 90.7 Å². The smallest absolute Gasteiger partial charge is 0.134 e. The Bertz CT molecular complexity index is 1770. The number of hydrogen-bond acceptors (Lipinski definition) is 3. The van der Waals surface area contributed by atoms with Crippen molar-refractivity contribution in [3.05, 3.63) is 158 Å². The van der Waals surface area contributed by atoms with Crippen LogP contribution in [0, 0.1) is 0 Å². The molecule has 6 rings (SSSR count). The predicted molar refractivity (Wildman–Crippen MR) is 186 cm³/mol. The maximum Gasteiger partial charge on any atom is 0.134 e. The second-order valence-electron chi connectivity index (χ2n) is 10.2. The van der Waals surface area contributed by atoms with Crippen molar-refractivity contribution >= 4 is 22.1 Å². The molecule has 0 aliphatic heterocycles. The topological polar surface area (TPSA) is 18.5 Å². The molecule has 0 aliphatic carbocycles. The van der Waals surface area contributed by atoms with Crippen LogP contribution in [0.2, 0.25) is 0 Å². The van der Waals surface area contributed by atoms with Crippen LogP contribution < -0.4 is 4.74 Å². The van der Waals surface area contributed by atoms with Gasteiger partial charge in [0.2, 0.25) is 0 Å². The summed E-state index contributed by atoms with van der Waals surface area (Å²) in [6.07, 6.45) is 0. The van der Waals surface area contributed by atoms with Gasteiger partial charge in [-0.2, -0.15) is 0 Å². The van der Waals surface area contributed by atoms with Crippen molar-refractivity contribution in [2.45, 2.75) is 38.3 Å². The average molecular weight is 613 g/mol. The molecule has 0 heterocycles. The molecule has 0 N–H and O–H groups in total. The first-order chi connectivity index (χ1) is 21.7. The van der Waals surface area contributed by atoms with Crippen LogP contribution >= 0.6 is 22.1 Å². The van der Waals surface area contributed by atoms with Gasteiger partial charge in [-0.15, -0.1) is 0 Å². The number of rotatable bonds is 11. The summed E-state index contributed by atoms with van der Waals surface area (Å²) in [4.78, 5) is 5.69. The zero-order valence-electron chi connectivity index (χ0n) is 25.1. The normalized spacial score (nSPS) is 13.1. The summed E-state index contributed by atoms with van der Waals surface area (Å²) in [6.45, 7) is 5.28. The van der Waals surface area contributed by atoms with Crippen LogP contribution in [0.5, 0.6) is 5.75 Å². The molecule has 1 atom stereocenters. The maximum atomic E-state index is 6.90. The summed E-state index contributed by atoms with van der Waals surface area (Å²) in [7, 11) is -2.04. The zero-order valence-corrected chi connectivity index (χ0v) is 26.7. The lowest BCUT2D eigenvalue weighted by Crippen LogP contribution is -2.09. The van der Waals surface area contributed by atoms with Crippen LogP contribution in [0.1, 0.15) is 13.8 Å². The van der Waals surface area contributed by atoms with Crippen LogP contribution in [0.25, 0.3) is 22.3 Å². The Morgan fingerprint density at radius 3 is 1.50 bits per heavy atom. The van der Waals surface area contributed by atoms with Crippen LogP contribution in [0.15, 0.2) is 182 Å². The van der Waals surface area contributed by atoms with Crippen LogP contribution in [-0.4, -0.2) is 13.2 Å². The SMILES string of the molecule is CCOc1cc(S(OCC)(c2ccccc2)c2ccc(-c3ccccc3)cc2)ccc1Sc1ccc(-c2ccccc2)cc1. The molecule has 220 valence electrons. The van der Waals surface area contributed by atoms with Crippen molar-refractivity contribution in [3.8, 4) is 28.0 Å². The van der Waals surface area contributed by atoms with Gasteiger partial charge in [-0.1, -0.05) is 125 Å². The Morgan fingerprint density at radius 2 is 0.955 bits per heavy atom. The molecule has 44 heavy (non-hydrogen) atoms. The third-order valence-electron chi connectivity index (χ3n) is 7.40. The number of hydrogen-bond donors (Lipinski definition) is 0. The van der Waals surface area contributed by atoms with Gasteiger partial charge in [0.1, 0.15) is 5.75 Å². The second-order valence-corrected chi connectivity index (χ2v) is 14.1. The lowest BCUT2D eigenvalue weighted by molar-refractivity contribution is 0.330. The van der Waals surface area contributed by atoms with Crippen molar-refractivity contribution in [2.75, 3.05) is 13.2 Å². The Labute approximate surface area is 267 Å². The first-order valence-electron chi connectivity index (χ1n) is 15.0. The molecule has 0 aliphatic rings. The largest absolute Gasteiger partial charge is 0.493 e. The van der Waals surface area contributed by atoms with Gasteiger partial charge in [0.15, 0.2) is 0 Å². The Morgan fingerprint density at radius 1 is 0.477 bits per heavy atom. The molecule has 0 spiro atoms. The standard InChI is InChI=1S/C40H36O2S2/c1-3-41-39-30-38(28-29-40(39)43-35-24-20-33(21-25-35)31-14-8-5-9-15-31)44(42-4-2,36-18-12-7-13-19-36)37-26-22-34(23-27-37)32-16-10-6-11-17-32/h5-30H,3-4H2,1-2H3. The van der Waals surface area contributed by atoms with E-state index >= 15 is 0 Å². The van der Waals surface area contributed by atoms with Crippen molar-refractivity contribution in [1.82, 2.24) is 0 Å². The van der Waals surface area contributed by atoms with Crippen LogP contribution in [-0.2, 0) is 4.18 Å². The minimum absolute atomic E-state index is 0.581. The van der Waals surface area contributed by atoms with Gasteiger partial charge >= 0.3 is 0 Å². The molecule has 6 aromatic rings. The first-order valence-corrected chi connectivity index (χ1v) is 17.4. The molecular formula is C40H36O2S2. The molecule has 2 nitrogen and oxygen atoms in total. The molecule has 0 bridgehead atoms. The van der Waals surface area contributed by atoms with E-state index in [4.69, 9.17) is 8.92 Å². The molecular weight excluding hydrogens is 577 g/mol. The van der Waals surface area contributed by atoms with E-state index in [0.29, 0.717) is 13.2 Å². The quantitative estimate of drug-likeness (QED) is 0.145. The molecule has 0 saturated carbocycles. The van der Waals surface area contributed by atoms with Gasteiger partial charge < -0.3 is 8.92 Å². The van der Waals surface area contributed by atoms with Crippen LogP contribution in [0.4, 0.5) is 0 Å². The van der Waals surface area contributed by atoms with E-state index in [1.165, 1.54) is 27.1 Å². The van der Waals surface area contributed by atoms with Crippen molar-refractivity contribution < 1.29 is 8.92 Å². The summed E-state index contributed by atoms with van der Waals surface area (Å²) >= 11 is 1.73. The van der Waals surface area contributed by atoms with Crippen molar-refractivity contribution in [3.63, 3.8) is 0 Å². The highest BCUT2D eigenvalue weighted by Crippen LogP contribution is 2.69. The fraction of sp³-hybridized carbons (Fsp3) is 0.100. The highest BCUT2D eigenvalue weighted by molar-refractivity contribution is 8.30. The molecule has 6 aromatic carbocycles. The van der Waals surface area contributed by atoms with Gasteiger partial charge in [0.05, 0.1) is 18.1 Å². The highest BCUT2D eigenvalue weighted by atomic mass is 32.3. The van der Waals surface area contributed by atoms with Gasteiger partial charge in [0, 0.05) is 19.6 Å². The van der Waals surface area contributed by atoms with Gasteiger partial charge in [-0.3, -0.25) is 0 Å². The van der Waals surface area contributed by atoms with Crippen molar-refractivity contribution in [1.29, 1.82) is 0 Å². The second kappa shape index (κ2) is 14.0. The van der Waals surface area contributed by atoms with E-state index in [-0.39, 0.29) is 0 Å². The van der Waals surface area contributed by atoms with Gasteiger partial charge in [-0.25, -0.2) is 0 Å². The average Bonchev–Trinajstić information content (AvgIpc) is 3.10. The zero-order chi connectivity index (χ0) is 30.2. The number of ether oxygens (including phenoxy) is 1. The van der Waals surface area contributed by atoms with E-state index < -0.39 is 10.3 Å². The van der Waals surface area contributed by atoms with E-state index in [9.17, 15) is 0 Å². The lowest BCUT2D eigenvalue weighted by atomic mass is 10.1. The summed E-state index contributed by atoms with van der Waals surface area (Å²) in [6, 6.07) is 55.9. The molecule has 0 aromatic heterocycles. The predicted octanol–water partition coefficient (Wildman–Crippen LogP) is 11.8. The molecule has 1 unspecified atom stereocenters. The number of benzene rings is 6. The van der Waals surface area contributed by atoms with Crippen molar-refractivity contribution in [2.24, 2.45) is 0 Å². The monoisotopic (exact) mass is 612 g/mol. The Kier molecular flexibility index (Phi) is 9.52. The summed E-state index contributed by atoms with van der Waals surface area (Å²) in [5, 5.41) is 0. The highest BCUT2D eigenvalue weighted by Gasteiger charge is 2.33. The summed E-state index contributed by atoms with van der Waals surface area (Å²) in [5.41, 5.74) is 4.82. The maximum absolute atomic E-state index is 6.90. The Balaban J connectivity index is 1.40. The summed E-state index contributed by atoms with van der Waals surface area (Å²) < 4.78 is 13.2. The van der Waals surface area contributed by atoms with E-state index in [1.807, 2.05) is 13.0 Å². The van der Waals surface area contributed by atoms with E-state index in [2.05, 4.69) is 159 Å². The minimum Gasteiger partial charge on any atom is -0.493 e. The third kappa shape index (κ3) is 6.34. The summed E-state index contributed by atoms with van der Waals surface area (Å²) in [5.74, 6) is 0.871. The lowest BCUT2D eigenvalue weighted by Gasteiger charge is -2.40. The van der Waals surface area contributed by atoms with E-state index in [1.54, 1.807) is 11.8 Å². The molecule has 0 amide bonds. The minimum atomic E-state index is -2.04. The molecule has 0 saturated heterocycles. The first kappa shape index (κ1) is 29.8. The Hall–Kier alpha value is -4.22. The van der Waals surface area contributed by atoms with E-state index in [0.717, 1.165) is 25.3 Å².